The Bertz CT molecular complexity index is 399. The molecule has 1 nitrogen and oxygen atoms in total. The zero-order valence-corrected chi connectivity index (χ0v) is 12.3. The van der Waals surface area contributed by atoms with Gasteiger partial charge in [-0.15, -0.1) is 0 Å². The highest BCUT2D eigenvalue weighted by Gasteiger charge is 2.34. The summed E-state index contributed by atoms with van der Waals surface area (Å²) in [7, 11) is 0. The maximum atomic E-state index is 3.75. The average molecular weight is 245 g/mol. The Morgan fingerprint density at radius 2 is 2.00 bits per heavy atom. The molecule has 0 amide bonds. The SMILES string of the molecule is CCC1(CNC(C)c2ccc(C)cc2C)CCC1. The van der Waals surface area contributed by atoms with E-state index in [1.54, 1.807) is 0 Å². The van der Waals surface area contributed by atoms with Gasteiger partial charge in [-0.2, -0.15) is 0 Å². The molecule has 0 aromatic heterocycles. The molecule has 1 N–H and O–H groups in total. The summed E-state index contributed by atoms with van der Waals surface area (Å²) in [5, 5.41) is 3.75. The van der Waals surface area contributed by atoms with E-state index in [2.05, 4.69) is 51.2 Å². The van der Waals surface area contributed by atoms with Gasteiger partial charge >= 0.3 is 0 Å². The lowest BCUT2D eigenvalue weighted by molar-refractivity contribution is 0.120. The summed E-state index contributed by atoms with van der Waals surface area (Å²) in [5.41, 5.74) is 4.82. The molecular formula is C17H27N. The van der Waals surface area contributed by atoms with Crippen LogP contribution in [0.5, 0.6) is 0 Å². The zero-order chi connectivity index (χ0) is 13.2. The minimum Gasteiger partial charge on any atom is -0.310 e. The van der Waals surface area contributed by atoms with Gasteiger partial charge in [-0.1, -0.05) is 37.1 Å². The molecule has 0 spiro atoms. The van der Waals surface area contributed by atoms with Gasteiger partial charge in [0.25, 0.3) is 0 Å². The van der Waals surface area contributed by atoms with Crippen LogP contribution in [-0.2, 0) is 0 Å². The highest BCUT2D eigenvalue weighted by molar-refractivity contribution is 5.32. The molecule has 1 aromatic rings. The predicted molar refractivity (Wildman–Crippen MR) is 78.9 cm³/mol. The minimum atomic E-state index is 0.467. The maximum absolute atomic E-state index is 3.75. The van der Waals surface area contributed by atoms with Crippen LogP contribution in [0.15, 0.2) is 18.2 Å². The lowest BCUT2D eigenvalue weighted by Crippen LogP contribution is -2.40. The number of hydrogen-bond donors (Lipinski definition) is 1. The number of nitrogens with one attached hydrogen (secondary N) is 1. The van der Waals surface area contributed by atoms with Gasteiger partial charge in [-0.3, -0.25) is 0 Å². The van der Waals surface area contributed by atoms with Gasteiger partial charge in [-0.05, 0) is 56.6 Å². The van der Waals surface area contributed by atoms with Crippen molar-refractivity contribution in [1.82, 2.24) is 5.32 Å². The first-order valence-corrected chi connectivity index (χ1v) is 7.37. The van der Waals surface area contributed by atoms with Gasteiger partial charge in [0, 0.05) is 12.6 Å². The number of aryl methyl sites for hydroxylation is 2. The standard InChI is InChI=1S/C17H27N/c1-5-17(9-6-10-17)12-18-15(4)16-8-7-13(2)11-14(16)3/h7-8,11,15,18H,5-6,9-10,12H2,1-4H3. The first-order chi connectivity index (χ1) is 8.56. The molecule has 0 saturated heterocycles. The third-order valence-electron chi connectivity index (χ3n) is 4.84. The number of hydrogen-bond acceptors (Lipinski definition) is 1. The summed E-state index contributed by atoms with van der Waals surface area (Å²) in [4.78, 5) is 0. The third kappa shape index (κ3) is 2.77. The Labute approximate surface area is 112 Å². The second-order valence-electron chi connectivity index (χ2n) is 6.17. The molecule has 1 aromatic carbocycles. The highest BCUT2D eigenvalue weighted by atomic mass is 14.9. The largest absolute Gasteiger partial charge is 0.310 e. The molecule has 1 fully saturated rings. The van der Waals surface area contributed by atoms with Crippen molar-refractivity contribution < 1.29 is 0 Å². The van der Waals surface area contributed by atoms with Crippen molar-refractivity contribution in [1.29, 1.82) is 0 Å². The van der Waals surface area contributed by atoms with Crippen molar-refractivity contribution in [3.63, 3.8) is 0 Å². The van der Waals surface area contributed by atoms with E-state index in [0.29, 0.717) is 11.5 Å². The summed E-state index contributed by atoms with van der Waals surface area (Å²) >= 11 is 0. The van der Waals surface area contributed by atoms with Crippen LogP contribution in [0.25, 0.3) is 0 Å². The molecule has 0 heterocycles. The van der Waals surface area contributed by atoms with E-state index in [1.165, 1.54) is 48.9 Å². The Kier molecular flexibility index (Phi) is 4.11. The van der Waals surface area contributed by atoms with Crippen LogP contribution >= 0.6 is 0 Å². The number of benzene rings is 1. The van der Waals surface area contributed by atoms with Crippen molar-refractivity contribution in [3.8, 4) is 0 Å². The summed E-state index contributed by atoms with van der Waals surface area (Å²) in [6.45, 7) is 10.2. The second-order valence-corrected chi connectivity index (χ2v) is 6.17. The Balaban J connectivity index is 1.97. The van der Waals surface area contributed by atoms with Crippen LogP contribution in [0.2, 0.25) is 0 Å². The highest BCUT2D eigenvalue weighted by Crippen LogP contribution is 2.43. The topological polar surface area (TPSA) is 12.0 Å². The summed E-state index contributed by atoms with van der Waals surface area (Å²) in [5.74, 6) is 0. The van der Waals surface area contributed by atoms with E-state index in [4.69, 9.17) is 0 Å². The molecule has 1 atom stereocenters. The van der Waals surface area contributed by atoms with Crippen LogP contribution < -0.4 is 5.32 Å². The van der Waals surface area contributed by atoms with Crippen LogP contribution in [0.3, 0.4) is 0 Å². The molecule has 1 aliphatic rings. The molecule has 1 unspecified atom stereocenters. The van der Waals surface area contributed by atoms with Gasteiger partial charge in [0.2, 0.25) is 0 Å². The van der Waals surface area contributed by atoms with Crippen molar-refractivity contribution in [2.75, 3.05) is 6.54 Å². The molecular weight excluding hydrogens is 218 g/mol. The molecule has 0 aliphatic heterocycles. The molecule has 0 radical (unpaired) electrons. The molecule has 1 heteroatoms. The fourth-order valence-corrected chi connectivity index (χ4v) is 3.12. The van der Waals surface area contributed by atoms with Gasteiger partial charge in [0.1, 0.15) is 0 Å². The smallest absolute Gasteiger partial charge is 0.0294 e. The second kappa shape index (κ2) is 5.44. The first kappa shape index (κ1) is 13.6. The van der Waals surface area contributed by atoms with Gasteiger partial charge < -0.3 is 5.32 Å². The molecule has 1 saturated carbocycles. The quantitative estimate of drug-likeness (QED) is 0.803. The van der Waals surface area contributed by atoms with E-state index in [9.17, 15) is 0 Å². The molecule has 100 valence electrons. The van der Waals surface area contributed by atoms with E-state index in [0.717, 1.165) is 0 Å². The van der Waals surface area contributed by atoms with E-state index in [1.807, 2.05) is 0 Å². The normalized spacial score (nSPS) is 19.3. The van der Waals surface area contributed by atoms with Gasteiger partial charge in [-0.25, -0.2) is 0 Å². The molecule has 1 aliphatic carbocycles. The molecule has 18 heavy (non-hydrogen) atoms. The monoisotopic (exact) mass is 245 g/mol. The average Bonchev–Trinajstić information content (AvgIpc) is 2.27. The lowest BCUT2D eigenvalue weighted by atomic mass is 9.67. The van der Waals surface area contributed by atoms with Crippen LogP contribution in [0.1, 0.15) is 62.3 Å². The zero-order valence-electron chi connectivity index (χ0n) is 12.3. The van der Waals surface area contributed by atoms with Crippen LogP contribution in [0, 0.1) is 19.3 Å². The summed E-state index contributed by atoms with van der Waals surface area (Å²) in [6.07, 6.45) is 5.57. The van der Waals surface area contributed by atoms with E-state index >= 15 is 0 Å². The lowest BCUT2D eigenvalue weighted by Gasteiger charge is -2.42. The number of rotatable bonds is 5. The van der Waals surface area contributed by atoms with E-state index in [-0.39, 0.29) is 0 Å². The molecule has 0 bridgehead atoms. The Hall–Kier alpha value is -0.820. The molecule has 2 rings (SSSR count). The van der Waals surface area contributed by atoms with Crippen molar-refractivity contribution in [3.05, 3.63) is 34.9 Å². The van der Waals surface area contributed by atoms with Crippen LogP contribution in [-0.4, -0.2) is 6.54 Å². The van der Waals surface area contributed by atoms with Gasteiger partial charge in [0.15, 0.2) is 0 Å². The summed E-state index contributed by atoms with van der Waals surface area (Å²) in [6, 6.07) is 7.25. The van der Waals surface area contributed by atoms with Crippen molar-refractivity contribution >= 4 is 0 Å². The van der Waals surface area contributed by atoms with Crippen LogP contribution in [0.4, 0.5) is 0 Å². The van der Waals surface area contributed by atoms with Crippen molar-refractivity contribution in [2.24, 2.45) is 5.41 Å². The van der Waals surface area contributed by atoms with E-state index < -0.39 is 0 Å². The fraction of sp³-hybridized carbons (Fsp3) is 0.647. The van der Waals surface area contributed by atoms with Crippen molar-refractivity contribution in [2.45, 2.75) is 59.4 Å². The minimum absolute atomic E-state index is 0.467. The fourth-order valence-electron chi connectivity index (χ4n) is 3.12. The Morgan fingerprint density at radius 1 is 1.28 bits per heavy atom. The predicted octanol–water partition coefficient (Wildman–Crippen LogP) is 4.53. The maximum Gasteiger partial charge on any atom is 0.0294 e. The third-order valence-corrected chi connectivity index (χ3v) is 4.84. The first-order valence-electron chi connectivity index (χ1n) is 7.37. The van der Waals surface area contributed by atoms with Gasteiger partial charge in [0.05, 0.1) is 0 Å². The Morgan fingerprint density at radius 3 is 2.50 bits per heavy atom. The summed E-state index contributed by atoms with van der Waals surface area (Å²) < 4.78 is 0.